The second-order valence-corrected chi connectivity index (χ2v) is 11.6. The van der Waals surface area contributed by atoms with Gasteiger partial charge in [0.25, 0.3) is 17.5 Å². The Kier molecular flexibility index (Phi) is 11.5. The average molecular weight is 633 g/mol. The van der Waals surface area contributed by atoms with Gasteiger partial charge >= 0.3 is 11.9 Å². The highest BCUT2D eigenvalue weighted by Gasteiger charge is 2.44. The van der Waals surface area contributed by atoms with E-state index in [9.17, 15) is 29.3 Å². The van der Waals surface area contributed by atoms with Crippen LogP contribution in [0.1, 0.15) is 78.1 Å². The van der Waals surface area contributed by atoms with Crippen LogP contribution in [-0.2, 0) is 19.1 Å². The number of esters is 2. The van der Waals surface area contributed by atoms with Gasteiger partial charge < -0.3 is 14.4 Å². The second-order valence-electron chi connectivity index (χ2n) is 11.6. The maximum absolute atomic E-state index is 13.6. The van der Waals surface area contributed by atoms with Gasteiger partial charge in [0.1, 0.15) is 5.92 Å². The van der Waals surface area contributed by atoms with Gasteiger partial charge in [-0.1, -0.05) is 30.7 Å². The van der Waals surface area contributed by atoms with Crippen molar-refractivity contribution in [2.45, 2.75) is 51.9 Å². The molecule has 4 rings (SSSR count). The van der Waals surface area contributed by atoms with Gasteiger partial charge in [-0.15, -0.1) is 0 Å². The number of non-ortho nitro benzene ring substituents is 1. The van der Waals surface area contributed by atoms with Crippen molar-refractivity contribution in [3.8, 4) is 0 Å². The summed E-state index contributed by atoms with van der Waals surface area (Å²) in [6.07, 6.45) is 3.00. The van der Waals surface area contributed by atoms with Gasteiger partial charge in [0.05, 0.1) is 34.8 Å². The molecule has 2 aromatic carbocycles. The molecular formula is C34H40N4O8. The molecule has 2 unspecified atom stereocenters. The van der Waals surface area contributed by atoms with Gasteiger partial charge in [-0.2, -0.15) is 0 Å². The lowest BCUT2D eigenvalue weighted by molar-refractivity contribution is -0.384. The highest BCUT2D eigenvalue weighted by Crippen LogP contribution is 2.41. The third-order valence-electron chi connectivity index (χ3n) is 8.11. The van der Waals surface area contributed by atoms with Gasteiger partial charge in [0.2, 0.25) is 0 Å². The summed E-state index contributed by atoms with van der Waals surface area (Å²) in [6.45, 7) is 4.50. The lowest BCUT2D eigenvalue weighted by Gasteiger charge is -2.33. The number of fused-ring (bicyclic) bond motifs is 1. The zero-order chi connectivity index (χ0) is 33.4. The van der Waals surface area contributed by atoms with Crippen molar-refractivity contribution in [2.75, 3.05) is 40.4 Å². The summed E-state index contributed by atoms with van der Waals surface area (Å²) in [5.41, 5.74) is 2.20. The van der Waals surface area contributed by atoms with Crippen molar-refractivity contribution in [3.05, 3.63) is 86.6 Å². The Hall–Kier alpha value is -4.71. The Morgan fingerprint density at radius 3 is 2.28 bits per heavy atom. The number of unbranched alkanes of at least 4 members (excludes halogenated alkanes) is 3. The van der Waals surface area contributed by atoms with Gasteiger partial charge in [-0.25, -0.2) is 4.79 Å². The minimum atomic E-state index is -0.963. The molecule has 0 aromatic heterocycles. The molecule has 0 radical (unpaired) electrons. The van der Waals surface area contributed by atoms with E-state index in [1.165, 1.54) is 23.1 Å². The quantitative estimate of drug-likeness (QED) is 0.0875. The number of nitro benzene ring substituents is 1. The number of carbonyl (C=O) groups excluding carboxylic acids is 4. The molecule has 2 aliphatic heterocycles. The number of carbonyl (C=O) groups is 4. The van der Waals surface area contributed by atoms with Crippen LogP contribution >= 0.6 is 0 Å². The number of aliphatic imine (C=N–C) groups is 1. The molecule has 2 atom stereocenters. The molecule has 0 saturated heterocycles. The first-order valence-corrected chi connectivity index (χ1v) is 15.5. The number of hydrogen-bond donors (Lipinski definition) is 0. The monoisotopic (exact) mass is 632 g/mol. The molecule has 0 spiro atoms. The zero-order valence-electron chi connectivity index (χ0n) is 26.7. The van der Waals surface area contributed by atoms with Gasteiger partial charge in [0.15, 0.2) is 0 Å². The van der Waals surface area contributed by atoms with Gasteiger partial charge in [0, 0.05) is 42.5 Å². The molecule has 0 N–H and O–H groups in total. The van der Waals surface area contributed by atoms with Crippen LogP contribution in [0, 0.1) is 16.0 Å². The number of nitrogens with zero attached hydrogens (tertiary/aromatic N) is 4. The van der Waals surface area contributed by atoms with Crippen LogP contribution in [0.15, 0.2) is 64.8 Å². The van der Waals surface area contributed by atoms with Crippen molar-refractivity contribution in [1.82, 2.24) is 9.80 Å². The Balaban J connectivity index is 1.44. The highest BCUT2D eigenvalue weighted by atomic mass is 16.6. The fraction of sp³-hybridized carbons (Fsp3) is 0.441. The van der Waals surface area contributed by atoms with E-state index in [4.69, 9.17) is 9.47 Å². The Morgan fingerprint density at radius 1 is 0.978 bits per heavy atom. The largest absolute Gasteiger partial charge is 0.465 e. The van der Waals surface area contributed by atoms with Crippen LogP contribution in [0.25, 0.3) is 0 Å². The number of allylic oxidation sites excluding steroid dienone is 1. The van der Waals surface area contributed by atoms with E-state index < -0.39 is 28.7 Å². The predicted molar refractivity (Wildman–Crippen MR) is 171 cm³/mol. The maximum Gasteiger partial charge on any atom is 0.336 e. The van der Waals surface area contributed by atoms with E-state index >= 15 is 0 Å². The van der Waals surface area contributed by atoms with Gasteiger partial charge in [-0.05, 0) is 71.3 Å². The molecule has 12 heteroatoms. The van der Waals surface area contributed by atoms with Crippen molar-refractivity contribution in [3.63, 3.8) is 0 Å². The minimum absolute atomic E-state index is 0.103. The van der Waals surface area contributed by atoms with Crippen LogP contribution < -0.4 is 0 Å². The second kappa shape index (κ2) is 15.5. The Labute approximate surface area is 268 Å². The topological polar surface area (TPSA) is 149 Å². The summed E-state index contributed by atoms with van der Waals surface area (Å²) >= 11 is 0. The number of rotatable bonds is 15. The molecule has 0 saturated carbocycles. The first-order valence-electron chi connectivity index (χ1n) is 15.5. The van der Waals surface area contributed by atoms with Crippen molar-refractivity contribution in [1.29, 1.82) is 0 Å². The molecule has 0 fully saturated rings. The maximum atomic E-state index is 13.6. The normalized spacial score (nSPS) is 17.7. The van der Waals surface area contributed by atoms with E-state index in [1.807, 2.05) is 19.0 Å². The average Bonchev–Trinajstić information content (AvgIpc) is 3.27. The summed E-state index contributed by atoms with van der Waals surface area (Å²) in [4.78, 5) is 71.2. The smallest absolute Gasteiger partial charge is 0.336 e. The van der Waals surface area contributed by atoms with Crippen molar-refractivity contribution >= 4 is 35.2 Å². The Morgan fingerprint density at radius 2 is 1.65 bits per heavy atom. The lowest BCUT2D eigenvalue weighted by atomic mass is 9.74. The van der Waals surface area contributed by atoms with Crippen molar-refractivity contribution in [2.24, 2.45) is 10.9 Å². The van der Waals surface area contributed by atoms with Crippen LogP contribution in [0.2, 0.25) is 0 Å². The fourth-order valence-corrected chi connectivity index (χ4v) is 5.86. The van der Waals surface area contributed by atoms with E-state index in [-0.39, 0.29) is 36.3 Å². The molecule has 2 aliphatic rings. The molecular weight excluding hydrogens is 592 g/mol. The molecule has 12 nitrogen and oxygen atoms in total. The number of imide groups is 1. The summed E-state index contributed by atoms with van der Waals surface area (Å²) in [7, 11) is 3.80. The third-order valence-corrected chi connectivity index (χ3v) is 8.11. The van der Waals surface area contributed by atoms with Crippen LogP contribution in [-0.4, -0.2) is 84.6 Å². The summed E-state index contributed by atoms with van der Waals surface area (Å²) in [6, 6.07) is 12.7. The summed E-state index contributed by atoms with van der Waals surface area (Å²) in [5, 5.41) is 11.6. The first kappa shape index (κ1) is 34.2. The molecule has 2 heterocycles. The predicted octanol–water partition coefficient (Wildman–Crippen LogP) is 4.94. The molecule has 2 aromatic rings. The number of hydrogen-bond acceptors (Lipinski definition) is 10. The molecule has 46 heavy (non-hydrogen) atoms. The third kappa shape index (κ3) is 7.74. The number of nitro groups is 1. The molecule has 244 valence electrons. The van der Waals surface area contributed by atoms with Crippen LogP contribution in [0.3, 0.4) is 0 Å². The minimum Gasteiger partial charge on any atom is -0.465 e. The van der Waals surface area contributed by atoms with Crippen LogP contribution in [0.5, 0.6) is 0 Å². The van der Waals surface area contributed by atoms with Gasteiger partial charge in [-0.3, -0.25) is 34.4 Å². The van der Waals surface area contributed by atoms with E-state index in [0.29, 0.717) is 73.3 Å². The standard InChI is InChI=1S/C34H40N4O8/c1-5-45-34(42)30-27(17-19-36(3)4)35-22(2)28(29(30)23-13-12-14-24(21-23)38(43)44)33(41)46-20-11-7-6-10-18-37-31(39)25-15-8-9-16-26(25)32(37)40/h8-9,12-16,21,29-30H,5-7,10-11,17-20H2,1-4H3. The number of benzene rings is 2. The molecule has 0 aliphatic carbocycles. The highest BCUT2D eigenvalue weighted by molar-refractivity contribution is 6.21. The van der Waals surface area contributed by atoms with E-state index in [0.717, 1.165) is 0 Å². The first-order chi connectivity index (χ1) is 22.0. The lowest BCUT2D eigenvalue weighted by Crippen LogP contribution is -2.38. The Bertz CT molecular complexity index is 1530. The SMILES string of the molecule is CCOC(=O)C1C(CCN(C)C)=NC(C)=C(C(=O)OCCCCCCN2C(=O)c3ccccc3C2=O)C1c1cccc([N+](=O)[O-])c1. The number of ether oxygens (including phenoxy) is 2. The van der Waals surface area contributed by atoms with Crippen molar-refractivity contribution < 1.29 is 33.6 Å². The van der Waals surface area contributed by atoms with E-state index in [2.05, 4.69) is 4.99 Å². The zero-order valence-corrected chi connectivity index (χ0v) is 26.7. The van der Waals surface area contributed by atoms with E-state index in [1.54, 1.807) is 44.2 Å². The summed E-state index contributed by atoms with van der Waals surface area (Å²) < 4.78 is 11.1. The number of amides is 2. The van der Waals surface area contributed by atoms with Crippen LogP contribution in [0.4, 0.5) is 5.69 Å². The molecule has 2 amide bonds. The summed E-state index contributed by atoms with van der Waals surface area (Å²) in [5.74, 6) is -3.62. The fourth-order valence-electron chi connectivity index (χ4n) is 5.86. The molecule has 0 bridgehead atoms.